The maximum Gasteiger partial charge on any atom is 0.397 e. The molecular formula is C30H48O6S. The van der Waals surface area contributed by atoms with Crippen LogP contribution in [0.5, 0.6) is 11.5 Å². The Morgan fingerprint density at radius 1 is 1.16 bits per heavy atom. The molecule has 0 heterocycles. The van der Waals surface area contributed by atoms with Gasteiger partial charge in [-0.1, -0.05) is 52.2 Å². The number of hydrogen-bond acceptors (Lipinski definition) is 5. The van der Waals surface area contributed by atoms with E-state index in [-0.39, 0.29) is 22.8 Å². The molecule has 2 aliphatic carbocycles. The lowest BCUT2D eigenvalue weighted by molar-refractivity contribution is -0.0864. The second-order valence-corrected chi connectivity index (χ2v) is 13.8. The molecule has 0 aliphatic heterocycles. The van der Waals surface area contributed by atoms with Crippen molar-refractivity contribution in [2.75, 3.05) is 0 Å². The Kier molecular flexibility index (Phi) is 9.79. The van der Waals surface area contributed by atoms with Crippen LogP contribution in [0, 0.1) is 28.6 Å². The van der Waals surface area contributed by atoms with Crippen LogP contribution in [0.4, 0.5) is 0 Å². The summed E-state index contributed by atoms with van der Waals surface area (Å²) in [6, 6.07) is 4.53. The van der Waals surface area contributed by atoms with Crippen molar-refractivity contribution in [3.05, 3.63) is 35.4 Å². The van der Waals surface area contributed by atoms with E-state index >= 15 is 0 Å². The minimum absolute atomic E-state index is 0.00887. The van der Waals surface area contributed by atoms with Crippen LogP contribution in [0.25, 0.3) is 0 Å². The van der Waals surface area contributed by atoms with Gasteiger partial charge in [-0.15, -0.1) is 0 Å². The average Bonchev–Trinajstić information content (AvgIpc) is 2.78. The van der Waals surface area contributed by atoms with Crippen molar-refractivity contribution in [1.82, 2.24) is 0 Å². The predicted octanol–water partition coefficient (Wildman–Crippen LogP) is 7.60. The summed E-state index contributed by atoms with van der Waals surface area (Å²) in [5.74, 6) is 1.31. The molecule has 2 saturated carbocycles. The van der Waals surface area contributed by atoms with E-state index < -0.39 is 16.5 Å². The monoisotopic (exact) mass is 536 g/mol. The van der Waals surface area contributed by atoms with E-state index in [2.05, 4.69) is 26.8 Å². The topological polar surface area (TPSA) is 104 Å². The third kappa shape index (κ3) is 7.96. The molecule has 3 rings (SSSR count). The van der Waals surface area contributed by atoms with E-state index in [4.69, 9.17) is 4.18 Å². The molecule has 0 saturated heterocycles. The van der Waals surface area contributed by atoms with Gasteiger partial charge in [0.05, 0.1) is 6.10 Å². The zero-order chi connectivity index (χ0) is 27.4. The molecule has 2 fully saturated rings. The second kappa shape index (κ2) is 12.1. The summed E-state index contributed by atoms with van der Waals surface area (Å²) in [7, 11) is -4.53. The molecule has 1 aromatic carbocycles. The first-order chi connectivity index (χ1) is 17.2. The number of allylic oxidation sites excluding steroid dienone is 2. The summed E-state index contributed by atoms with van der Waals surface area (Å²) >= 11 is 0. The number of benzene rings is 1. The Balaban J connectivity index is 1.62. The Morgan fingerprint density at radius 3 is 2.59 bits per heavy atom. The lowest BCUT2D eigenvalue weighted by atomic mass is 9.48. The number of fused-ring (bicyclic) bond motifs is 1. The number of aromatic hydroxyl groups is 2. The smallest absolute Gasteiger partial charge is 0.397 e. The van der Waals surface area contributed by atoms with Crippen LogP contribution in [0.3, 0.4) is 0 Å². The molecule has 0 bridgehead atoms. The van der Waals surface area contributed by atoms with Gasteiger partial charge < -0.3 is 10.2 Å². The summed E-state index contributed by atoms with van der Waals surface area (Å²) in [5, 5.41) is 19.6. The lowest BCUT2D eigenvalue weighted by Gasteiger charge is -2.58. The highest BCUT2D eigenvalue weighted by molar-refractivity contribution is 7.80. The highest BCUT2D eigenvalue weighted by Gasteiger charge is 2.52. The fourth-order valence-electron chi connectivity index (χ4n) is 7.47. The molecule has 0 spiro atoms. The summed E-state index contributed by atoms with van der Waals surface area (Å²) in [5.41, 5.74) is 2.33. The van der Waals surface area contributed by atoms with E-state index in [9.17, 15) is 23.2 Å². The Morgan fingerprint density at radius 2 is 1.89 bits per heavy atom. The Hall–Kier alpha value is -1.57. The van der Waals surface area contributed by atoms with Crippen molar-refractivity contribution < 1.29 is 27.4 Å². The molecule has 0 radical (unpaired) electrons. The Bertz CT molecular complexity index is 1050. The standard InChI is InChI=1S/C30H48O6S/c1-21(13-14-23-19-25(31)15-16-26(23)32)9-6-10-22(2)27(36-37(33,34)35)20-24-11-7-12-28-29(3,4)17-8-18-30(24,28)5/h13,15-16,19,22,24,27-28,31-32H,6-12,14,17-18,20H2,1-5H3,(H,33,34,35)/b21-13+/t22?,24-,27?,28?,30-/m1/s1. The fraction of sp³-hybridized carbons (Fsp3) is 0.733. The van der Waals surface area contributed by atoms with Crippen LogP contribution in [-0.4, -0.2) is 29.3 Å². The zero-order valence-corrected chi connectivity index (χ0v) is 24.2. The third-order valence-corrected chi connectivity index (χ3v) is 10.1. The van der Waals surface area contributed by atoms with E-state index in [1.807, 2.05) is 13.8 Å². The van der Waals surface area contributed by atoms with Crippen molar-refractivity contribution in [1.29, 1.82) is 0 Å². The zero-order valence-electron chi connectivity index (χ0n) is 23.4. The lowest BCUT2D eigenvalue weighted by Crippen LogP contribution is -2.50. The van der Waals surface area contributed by atoms with E-state index in [1.54, 1.807) is 6.07 Å². The molecule has 210 valence electrons. The molecule has 7 heteroatoms. The van der Waals surface area contributed by atoms with Gasteiger partial charge in [-0.25, -0.2) is 4.18 Å². The largest absolute Gasteiger partial charge is 0.508 e. The minimum Gasteiger partial charge on any atom is -0.508 e. The summed E-state index contributed by atoms with van der Waals surface area (Å²) in [6.45, 7) is 11.3. The van der Waals surface area contributed by atoms with Crippen LogP contribution in [-0.2, 0) is 21.0 Å². The molecule has 0 amide bonds. The number of hydrogen-bond donors (Lipinski definition) is 3. The molecule has 3 N–H and O–H groups in total. The van der Waals surface area contributed by atoms with Crippen LogP contribution in [0.1, 0.15) is 104 Å². The van der Waals surface area contributed by atoms with Gasteiger partial charge in [0.15, 0.2) is 0 Å². The van der Waals surface area contributed by atoms with Gasteiger partial charge >= 0.3 is 10.4 Å². The van der Waals surface area contributed by atoms with Crippen molar-refractivity contribution in [3.63, 3.8) is 0 Å². The van der Waals surface area contributed by atoms with E-state index in [1.165, 1.54) is 49.8 Å². The normalized spacial score (nSPS) is 27.9. The highest BCUT2D eigenvalue weighted by atomic mass is 32.3. The fourth-order valence-corrected chi connectivity index (χ4v) is 8.05. The van der Waals surface area contributed by atoms with Gasteiger partial charge in [0.25, 0.3) is 0 Å². The van der Waals surface area contributed by atoms with E-state index in [0.717, 1.165) is 25.7 Å². The van der Waals surface area contributed by atoms with Gasteiger partial charge in [0.2, 0.25) is 0 Å². The first-order valence-electron chi connectivity index (χ1n) is 14.0. The van der Waals surface area contributed by atoms with Crippen LogP contribution >= 0.6 is 0 Å². The van der Waals surface area contributed by atoms with Crippen molar-refractivity contribution >= 4 is 10.4 Å². The average molecular weight is 537 g/mol. The maximum absolute atomic E-state index is 11.8. The summed E-state index contributed by atoms with van der Waals surface area (Å²) in [6.07, 6.45) is 12.4. The molecular weight excluding hydrogens is 488 g/mol. The first-order valence-corrected chi connectivity index (χ1v) is 15.4. The molecule has 5 atom stereocenters. The highest BCUT2D eigenvalue weighted by Crippen LogP contribution is 2.61. The summed E-state index contributed by atoms with van der Waals surface area (Å²) < 4.78 is 38.5. The van der Waals surface area contributed by atoms with Gasteiger partial charge in [-0.2, -0.15) is 8.42 Å². The van der Waals surface area contributed by atoms with Crippen LogP contribution in [0.15, 0.2) is 29.8 Å². The van der Waals surface area contributed by atoms with Gasteiger partial charge in [-0.05, 0) is 111 Å². The number of phenols is 2. The van der Waals surface area contributed by atoms with Gasteiger partial charge in [0, 0.05) is 5.56 Å². The minimum atomic E-state index is -4.53. The molecule has 37 heavy (non-hydrogen) atoms. The summed E-state index contributed by atoms with van der Waals surface area (Å²) in [4.78, 5) is 0. The number of phenolic OH excluding ortho intramolecular Hbond substituents is 2. The third-order valence-electron chi connectivity index (χ3n) is 9.61. The van der Waals surface area contributed by atoms with Crippen molar-refractivity contribution in [3.8, 4) is 11.5 Å². The van der Waals surface area contributed by atoms with Gasteiger partial charge in [-0.3, -0.25) is 4.55 Å². The SMILES string of the molecule is C/C(=C\Cc1cc(O)ccc1O)CCCC(C)C(C[C@H]1CCCC2C(C)(C)CCC[C@@]21C)OS(=O)(=O)O. The van der Waals surface area contributed by atoms with Crippen molar-refractivity contribution in [2.45, 2.75) is 111 Å². The van der Waals surface area contributed by atoms with Crippen LogP contribution in [0.2, 0.25) is 0 Å². The van der Waals surface area contributed by atoms with E-state index in [0.29, 0.717) is 35.7 Å². The number of rotatable bonds is 11. The molecule has 6 nitrogen and oxygen atoms in total. The van der Waals surface area contributed by atoms with Crippen molar-refractivity contribution in [2.24, 2.45) is 28.6 Å². The molecule has 0 aromatic heterocycles. The molecule has 2 aliphatic rings. The quantitative estimate of drug-likeness (QED) is 0.153. The Labute approximate surface area is 224 Å². The van der Waals surface area contributed by atoms with Gasteiger partial charge in [0.1, 0.15) is 11.5 Å². The van der Waals surface area contributed by atoms with Crippen LogP contribution < -0.4 is 0 Å². The predicted molar refractivity (Wildman–Crippen MR) is 148 cm³/mol. The molecule has 3 unspecified atom stereocenters. The maximum atomic E-state index is 11.8. The first kappa shape index (κ1) is 30.0. The second-order valence-electron chi connectivity index (χ2n) is 12.8. The molecule has 1 aromatic rings.